The number of rotatable bonds is 10. The number of imidazole rings is 1. The Kier molecular flexibility index (Phi) is 7.89. The van der Waals surface area contributed by atoms with Crippen LogP contribution >= 0.6 is 23.1 Å². The number of aliphatic carboxylic acids is 1. The number of aromatic amines is 1. The van der Waals surface area contributed by atoms with E-state index in [1.165, 1.54) is 18.9 Å². The number of thioether (sulfide) groups is 1. The van der Waals surface area contributed by atoms with E-state index in [4.69, 9.17) is 10.6 Å². The fourth-order valence-corrected chi connectivity index (χ4v) is 6.03. The summed E-state index contributed by atoms with van der Waals surface area (Å²) in [7, 11) is 5.37. The summed E-state index contributed by atoms with van der Waals surface area (Å²) in [5, 5.41) is 19.6. The molecule has 15 heteroatoms. The number of hydrogen-bond donors (Lipinski definition) is 3. The van der Waals surface area contributed by atoms with Gasteiger partial charge in [-0.15, -0.1) is 23.1 Å². The fourth-order valence-electron chi connectivity index (χ4n) is 4.16. The molecule has 0 radical (unpaired) electrons. The summed E-state index contributed by atoms with van der Waals surface area (Å²) in [4.78, 5) is 55.3. The number of nitrogens with two attached hydrogens (primary N) is 1. The van der Waals surface area contributed by atoms with E-state index in [2.05, 4.69) is 25.4 Å². The van der Waals surface area contributed by atoms with E-state index < -0.39 is 29.2 Å². The molecule has 0 aromatic carbocycles. The minimum absolute atomic E-state index is 0.141. The van der Waals surface area contributed by atoms with Crippen LogP contribution in [0.25, 0.3) is 0 Å². The predicted molar refractivity (Wildman–Crippen MR) is 140 cm³/mol. The van der Waals surface area contributed by atoms with E-state index in [0.29, 0.717) is 28.9 Å². The Morgan fingerprint density at radius 2 is 2.21 bits per heavy atom. The van der Waals surface area contributed by atoms with Gasteiger partial charge in [0.1, 0.15) is 36.5 Å². The second-order valence-electron chi connectivity index (χ2n) is 9.37. The summed E-state index contributed by atoms with van der Waals surface area (Å²) in [6, 6.07) is -0.946. The summed E-state index contributed by atoms with van der Waals surface area (Å²) in [6.07, 6.45) is 5.27. The van der Waals surface area contributed by atoms with Crippen molar-refractivity contribution in [2.45, 2.75) is 24.9 Å². The average molecular weight is 561 g/mol. The van der Waals surface area contributed by atoms with Crippen molar-refractivity contribution in [3.63, 3.8) is 0 Å². The number of carbonyl (C=O) groups is 3. The molecule has 0 saturated carbocycles. The highest BCUT2D eigenvalue weighted by molar-refractivity contribution is 8.00. The number of carboxylic acids is 1. The molecule has 0 aliphatic carbocycles. The lowest BCUT2D eigenvalue weighted by molar-refractivity contribution is -0.898. The number of quaternary nitrogens is 1. The number of carboxylic acid groups (broad SMARTS) is 1. The number of amides is 2. The molecule has 2 aliphatic heterocycles. The zero-order chi connectivity index (χ0) is 27.6. The minimum Gasteiger partial charge on any atom is -0.543 e. The maximum absolute atomic E-state index is 13.0. The summed E-state index contributed by atoms with van der Waals surface area (Å²) in [5.74, 6) is -2.37. The molecule has 2 aliphatic rings. The van der Waals surface area contributed by atoms with Gasteiger partial charge in [-0.1, -0.05) is 11.2 Å². The first-order chi connectivity index (χ1) is 18.0. The monoisotopic (exact) mass is 560 g/mol. The Morgan fingerprint density at radius 3 is 2.82 bits per heavy atom. The van der Waals surface area contributed by atoms with Gasteiger partial charge in [-0.05, 0) is 18.6 Å². The molecule has 2 atom stereocenters. The third kappa shape index (κ3) is 5.58. The van der Waals surface area contributed by atoms with E-state index in [1.54, 1.807) is 17.8 Å². The van der Waals surface area contributed by atoms with Crippen molar-refractivity contribution in [2.24, 2.45) is 5.16 Å². The third-order valence-corrected chi connectivity index (χ3v) is 8.05. The first-order valence-electron chi connectivity index (χ1n) is 11.5. The van der Waals surface area contributed by atoms with Gasteiger partial charge in [0.25, 0.3) is 11.8 Å². The molecular formula is C23H28N8O5S2. The average Bonchev–Trinajstić information content (AvgIpc) is 3.47. The normalized spacial score (nSPS) is 19.9. The van der Waals surface area contributed by atoms with E-state index >= 15 is 0 Å². The van der Waals surface area contributed by atoms with Crippen molar-refractivity contribution in [3.05, 3.63) is 52.2 Å². The first-order valence-corrected chi connectivity index (χ1v) is 13.4. The van der Waals surface area contributed by atoms with Gasteiger partial charge in [0.2, 0.25) is 0 Å². The van der Waals surface area contributed by atoms with Gasteiger partial charge in [0, 0.05) is 16.8 Å². The summed E-state index contributed by atoms with van der Waals surface area (Å²) >= 11 is 2.48. The minimum atomic E-state index is -1.45. The standard InChI is InChI=1S/C23H28N8O5S2/c1-12-14(26-11-25-12)8-31(2,3)7-5-6-13-9-37-21-17(20(33)30(21)18(13)22(34)35)28-19(32)16(29-36-4)15-10-38-23(24)27-15/h5-6,10-11,17,21H,7-9H2,1-4H3,(H4-,24,25,26,27,28,32,34,35)/b6-5+,29-16-/t17-,21+/m1/s1. The lowest BCUT2D eigenvalue weighted by Gasteiger charge is -2.50. The molecular weight excluding hydrogens is 532 g/mol. The number of fused-ring (bicyclic) bond motifs is 1. The van der Waals surface area contributed by atoms with Gasteiger partial charge in [-0.25, -0.2) is 9.97 Å². The summed E-state index contributed by atoms with van der Waals surface area (Å²) in [5.41, 5.74) is 7.97. The topological polar surface area (TPSA) is 179 Å². The molecule has 0 unspecified atom stereocenters. The maximum atomic E-state index is 13.0. The molecule has 4 heterocycles. The highest BCUT2D eigenvalue weighted by atomic mass is 32.2. The van der Waals surface area contributed by atoms with E-state index in [9.17, 15) is 19.5 Å². The zero-order valence-electron chi connectivity index (χ0n) is 21.3. The molecule has 4 rings (SSSR count). The number of allylic oxidation sites excluding steroid dienone is 1. The SMILES string of the molecule is CO/N=C(\C(=O)N[C@@H]1C(=O)N2C(C(=O)[O-])=C(/C=C/C[N+](C)(C)Cc3nc[nH]c3C)CS[C@@H]12)c1csc(N)n1. The van der Waals surface area contributed by atoms with Crippen molar-refractivity contribution >= 4 is 51.7 Å². The van der Waals surface area contributed by atoms with Gasteiger partial charge in [-0.2, -0.15) is 0 Å². The number of aromatic nitrogens is 3. The van der Waals surface area contributed by atoms with Crippen molar-refractivity contribution in [2.75, 3.05) is 39.2 Å². The number of likely N-dealkylation sites (N-methyl/N-ethyl adjacent to an activating group) is 1. The molecule has 1 fully saturated rings. The van der Waals surface area contributed by atoms with Gasteiger partial charge in [0.15, 0.2) is 10.8 Å². The number of aryl methyl sites for hydroxylation is 1. The van der Waals surface area contributed by atoms with Crippen LogP contribution in [0.5, 0.6) is 0 Å². The maximum Gasteiger partial charge on any atom is 0.276 e. The zero-order valence-corrected chi connectivity index (χ0v) is 22.9. The number of nitrogen functional groups attached to an aromatic ring is 1. The number of anilines is 1. The Balaban J connectivity index is 1.46. The van der Waals surface area contributed by atoms with Crippen molar-refractivity contribution in [3.8, 4) is 0 Å². The fraction of sp³-hybridized carbons (Fsp3) is 0.391. The Labute approximate surface area is 227 Å². The number of H-pyrrole nitrogens is 1. The van der Waals surface area contributed by atoms with Gasteiger partial charge >= 0.3 is 0 Å². The van der Waals surface area contributed by atoms with E-state index in [1.807, 2.05) is 27.1 Å². The van der Waals surface area contributed by atoms with Crippen LogP contribution in [0.15, 0.2) is 40.3 Å². The van der Waals surface area contributed by atoms with Crippen molar-refractivity contribution < 1.29 is 28.8 Å². The van der Waals surface area contributed by atoms with Crippen LogP contribution in [0.4, 0.5) is 5.13 Å². The Hall–Kier alpha value is -3.69. The highest BCUT2D eigenvalue weighted by Gasteiger charge is 2.53. The molecule has 4 N–H and O–H groups in total. The van der Waals surface area contributed by atoms with Crippen molar-refractivity contribution in [1.29, 1.82) is 0 Å². The molecule has 13 nitrogen and oxygen atoms in total. The summed E-state index contributed by atoms with van der Waals surface area (Å²) < 4.78 is 0.596. The van der Waals surface area contributed by atoms with Crippen molar-refractivity contribution in [1.82, 2.24) is 25.2 Å². The number of nitrogens with one attached hydrogen (secondary N) is 2. The van der Waals surface area contributed by atoms with Crippen LogP contribution in [-0.4, -0.2) is 92.7 Å². The molecule has 202 valence electrons. The second-order valence-corrected chi connectivity index (χ2v) is 11.4. The Bertz CT molecular complexity index is 1340. The number of thiazole rings is 1. The molecule has 2 amide bonds. The lowest BCUT2D eigenvalue weighted by atomic mass is 10.0. The smallest absolute Gasteiger partial charge is 0.276 e. The number of nitrogens with zero attached hydrogens (tertiary/aromatic N) is 5. The largest absolute Gasteiger partial charge is 0.543 e. The summed E-state index contributed by atoms with van der Waals surface area (Å²) in [6.45, 7) is 3.26. The van der Waals surface area contributed by atoms with Crippen LogP contribution in [0.2, 0.25) is 0 Å². The van der Waals surface area contributed by atoms with Crippen LogP contribution < -0.4 is 16.2 Å². The van der Waals surface area contributed by atoms with Gasteiger partial charge in [0.05, 0.1) is 38.6 Å². The van der Waals surface area contributed by atoms with E-state index in [-0.39, 0.29) is 22.2 Å². The van der Waals surface area contributed by atoms with Gasteiger partial charge < -0.3 is 35.3 Å². The van der Waals surface area contributed by atoms with Crippen LogP contribution in [0.1, 0.15) is 17.1 Å². The molecule has 2 aromatic rings. The Morgan fingerprint density at radius 1 is 1.45 bits per heavy atom. The van der Waals surface area contributed by atoms with E-state index in [0.717, 1.165) is 27.6 Å². The molecule has 1 saturated heterocycles. The highest BCUT2D eigenvalue weighted by Crippen LogP contribution is 2.40. The predicted octanol–water partition coefficient (Wildman–Crippen LogP) is -0.656. The number of hydrogen-bond acceptors (Lipinski definition) is 11. The van der Waals surface area contributed by atoms with Crippen LogP contribution in [-0.2, 0) is 25.8 Å². The van der Waals surface area contributed by atoms with Gasteiger partial charge in [-0.3, -0.25) is 14.5 Å². The van der Waals surface area contributed by atoms with Crippen LogP contribution in [0.3, 0.4) is 0 Å². The van der Waals surface area contributed by atoms with Crippen LogP contribution in [0, 0.1) is 6.92 Å². The number of β-lactam (4-membered cyclic amide) rings is 1. The third-order valence-electron chi connectivity index (χ3n) is 6.07. The molecule has 0 bridgehead atoms. The molecule has 2 aromatic heterocycles. The molecule has 38 heavy (non-hydrogen) atoms. The quantitative estimate of drug-likeness (QED) is 0.147. The number of oxime groups is 1. The second kappa shape index (κ2) is 11.0. The molecule has 0 spiro atoms. The lowest BCUT2D eigenvalue weighted by Crippen LogP contribution is -2.71. The first kappa shape index (κ1) is 27.3. The number of carbonyl (C=O) groups excluding carboxylic acids is 3.